The lowest BCUT2D eigenvalue weighted by Crippen LogP contribution is -2.36. The van der Waals surface area contributed by atoms with Gasteiger partial charge in [0.25, 0.3) is 0 Å². The molecule has 0 aromatic heterocycles. The van der Waals surface area contributed by atoms with Crippen molar-refractivity contribution < 1.29 is 14.4 Å². The summed E-state index contributed by atoms with van der Waals surface area (Å²) in [6.07, 6.45) is 0.351. The molecule has 17 heavy (non-hydrogen) atoms. The van der Waals surface area contributed by atoms with Gasteiger partial charge < -0.3 is 9.57 Å². The molecule has 1 aliphatic heterocycles. The molecule has 2 rings (SSSR count). The second-order valence-electron chi connectivity index (χ2n) is 4.01. The third-order valence-corrected chi connectivity index (χ3v) is 2.99. The van der Waals surface area contributed by atoms with Crippen LogP contribution in [0.5, 0.6) is 0 Å². The molecule has 1 aliphatic rings. The number of rotatable bonds is 2. The molecule has 0 aliphatic carbocycles. The van der Waals surface area contributed by atoms with Crippen LogP contribution in [0.15, 0.2) is 29.4 Å². The van der Waals surface area contributed by atoms with Crippen molar-refractivity contribution in [3.05, 3.63) is 34.9 Å². The number of hydrogen-bond acceptors (Lipinski definition) is 4. The number of carbonyl (C=O) groups is 1. The fraction of sp³-hybridized carbons (Fsp3) is 0.333. The van der Waals surface area contributed by atoms with Gasteiger partial charge in [0, 0.05) is 17.0 Å². The Morgan fingerprint density at radius 2 is 2.24 bits per heavy atom. The minimum atomic E-state index is -1.05. The summed E-state index contributed by atoms with van der Waals surface area (Å²) >= 11 is 6.06. The summed E-state index contributed by atoms with van der Waals surface area (Å²) in [5, 5.41) is 4.51. The number of ether oxygens (including phenoxy) is 1. The molecule has 1 heterocycles. The van der Waals surface area contributed by atoms with Gasteiger partial charge in [0.05, 0.1) is 12.8 Å². The summed E-state index contributed by atoms with van der Waals surface area (Å²) in [6.45, 7) is 1.65. The van der Waals surface area contributed by atoms with Gasteiger partial charge in [-0.3, -0.25) is 0 Å². The van der Waals surface area contributed by atoms with Gasteiger partial charge in [0.2, 0.25) is 5.60 Å². The zero-order valence-electron chi connectivity index (χ0n) is 9.57. The van der Waals surface area contributed by atoms with E-state index in [0.29, 0.717) is 17.2 Å². The molecule has 0 radical (unpaired) electrons. The number of oxime groups is 1. The van der Waals surface area contributed by atoms with Crippen molar-refractivity contribution >= 4 is 23.3 Å². The molecule has 1 aromatic rings. The van der Waals surface area contributed by atoms with Crippen LogP contribution >= 0.6 is 11.6 Å². The molecule has 4 nitrogen and oxygen atoms in total. The van der Waals surface area contributed by atoms with E-state index in [1.165, 1.54) is 7.11 Å². The van der Waals surface area contributed by atoms with Gasteiger partial charge in [-0.15, -0.1) is 0 Å². The lowest BCUT2D eigenvalue weighted by Gasteiger charge is -2.17. The number of halogens is 1. The first-order valence-corrected chi connectivity index (χ1v) is 5.53. The molecule has 1 aromatic carbocycles. The average Bonchev–Trinajstić information content (AvgIpc) is 2.72. The standard InChI is InChI=1S/C12H12ClNO3/c1-12(11(15)16-2)7-10(14-17-12)8-5-3-4-6-9(8)13/h3-6H,7H2,1-2H3. The van der Waals surface area contributed by atoms with Crippen LogP contribution in [0.4, 0.5) is 0 Å². The van der Waals surface area contributed by atoms with Crippen molar-refractivity contribution in [1.82, 2.24) is 0 Å². The Kier molecular flexibility index (Phi) is 3.07. The van der Waals surface area contributed by atoms with E-state index in [1.807, 2.05) is 18.2 Å². The number of carbonyl (C=O) groups excluding carboxylic acids is 1. The molecule has 1 unspecified atom stereocenters. The quantitative estimate of drug-likeness (QED) is 0.761. The predicted octanol–water partition coefficient (Wildman–Crippen LogP) is 2.40. The van der Waals surface area contributed by atoms with Crippen LogP contribution in [0, 0.1) is 0 Å². The van der Waals surface area contributed by atoms with E-state index in [1.54, 1.807) is 13.0 Å². The maximum Gasteiger partial charge on any atom is 0.353 e. The molecule has 90 valence electrons. The maximum absolute atomic E-state index is 11.5. The Morgan fingerprint density at radius 3 is 2.88 bits per heavy atom. The van der Waals surface area contributed by atoms with Crippen LogP contribution in [0.1, 0.15) is 18.9 Å². The third kappa shape index (κ3) is 2.13. The Hall–Kier alpha value is -1.55. The normalized spacial score (nSPS) is 22.9. The van der Waals surface area contributed by atoms with Crippen molar-refractivity contribution in [3.8, 4) is 0 Å². The van der Waals surface area contributed by atoms with Crippen molar-refractivity contribution in [3.63, 3.8) is 0 Å². The molecule has 0 bridgehead atoms. The SMILES string of the molecule is COC(=O)C1(C)CC(c2ccccc2Cl)=NO1. The molecule has 0 saturated carbocycles. The van der Waals surface area contributed by atoms with Gasteiger partial charge >= 0.3 is 5.97 Å². The van der Waals surface area contributed by atoms with Crippen molar-refractivity contribution in [2.75, 3.05) is 7.11 Å². The Bertz CT molecular complexity index is 486. The molecule has 0 spiro atoms. The molecule has 0 N–H and O–H groups in total. The lowest BCUT2D eigenvalue weighted by molar-refractivity contribution is -0.164. The minimum absolute atomic E-state index is 0.351. The van der Waals surface area contributed by atoms with E-state index < -0.39 is 11.6 Å². The molecule has 1 atom stereocenters. The smallest absolute Gasteiger partial charge is 0.353 e. The van der Waals surface area contributed by atoms with E-state index in [0.717, 1.165) is 5.56 Å². The van der Waals surface area contributed by atoms with Gasteiger partial charge in [0.15, 0.2) is 0 Å². The van der Waals surface area contributed by atoms with Crippen LogP contribution in [-0.2, 0) is 14.4 Å². The molecule has 5 heteroatoms. The summed E-state index contributed by atoms with van der Waals surface area (Å²) in [6, 6.07) is 7.31. The highest BCUT2D eigenvalue weighted by Crippen LogP contribution is 2.30. The van der Waals surface area contributed by atoms with E-state index in [9.17, 15) is 4.79 Å². The molecule has 0 fully saturated rings. The van der Waals surface area contributed by atoms with Crippen LogP contribution in [0.25, 0.3) is 0 Å². The zero-order valence-corrected chi connectivity index (χ0v) is 10.3. The second-order valence-corrected chi connectivity index (χ2v) is 4.42. The average molecular weight is 254 g/mol. The number of methoxy groups -OCH3 is 1. The summed E-state index contributed by atoms with van der Waals surface area (Å²) in [4.78, 5) is 16.7. The predicted molar refractivity (Wildman–Crippen MR) is 64.1 cm³/mol. The van der Waals surface area contributed by atoms with Crippen LogP contribution in [0.2, 0.25) is 5.02 Å². The highest BCUT2D eigenvalue weighted by Gasteiger charge is 2.43. The fourth-order valence-corrected chi connectivity index (χ4v) is 1.95. The van der Waals surface area contributed by atoms with Gasteiger partial charge in [-0.25, -0.2) is 4.79 Å². The van der Waals surface area contributed by atoms with E-state index in [-0.39, 0.29) is 0 Å². The molecule has 0 saturated heterocycles. The maximum atomic E-state index is 11.5. The lowest BCUT2D eigenvalue weighted by atomic mass is 9.96. The van der Waals surface area contributed by atoms with Crippen LogP contribution < -0.4 is 0 Å². The summed E-state index contributed by atoms with van der Waals surface area (Å²) in [5.74, 6) is -0.441. The van der Waals surface area contributed by atoms with Crippen molar-refractivity contribution in [1.29, 1.82) is 0 Å². The fourth-order valence-electron chi connectivity index (χ4n) is 1.70. The van der Waals surface area contributed by atoms with Crippen LogP contribution in [0.3, 0.4) is 0 Å². The van der Waals surface area contributed by atoms with Gasteiger partial charge in [0.1, 0.15) is 0 Å². The number of nitrogens with zero attached hydrogens (tertiary/aromatic N) is 1. The van der Waals surface area contributed by atoms with Crippen molar-refractivity contribution in [2.24, 2.45) is 5.16 Å². The zero-order chi connectivity index (χ0) is 12.5. The number of esters is 1. The highest BCUT2D eigenvalue weighted by molar-refractivity contribution is 6.34. The first-order chi connectivity index (χ1) is 8.07. The number of benzene rings is 1. The summed E-state index contributed by atoms with van der Waals surface area (Å²) < 4.78 is 4.68. The van der Waals surface area contributed by atoms with E-state index >= 15 is 0 Å². The largest absolute Gasteiger partial charge is 0.466 e. The minimum Gasteiger partial charge on any atom is -0.466 e. The first kappa shape index (κ1) is 11.9. The number of hydrogen-bond donors (Lipinski definition) is 0. The first-order valence-electron chi connectivity index (χ1n) is 5.15. The second kappa shape index (κ2) is 4.37. The topological polar surface area (TPSA) is 47.9 Å². The van der Waals surface area contributed by atoms with Gasteiger partial charge in [-0.05, 0) is 13.0 Å². The summed E-state index contributed by atoms with van der Waals surface area (Å²) in [7, 11) is 1.32. The van der Waals surface area contributed by atoms with E-state index in [4.69, 9.17) is 16.4 Å². The molecular formula is C12H12ClNO3. The monoisotopic (exact) mass is 253 g/mol. The van der Waals surface area contributed by atoms with E-state index in [2.05, 4.69) is 9.89 Å². The van der Waals surface area contributed by atoms with Crippen molar-refractivity contribution in [2.45, 2.75) is 18.9 Å². The van der Waals surface area contributed by atoms with Crippen LogP contribution in [-0.4, -0.2) is 24.4 Å². The Morgan fingerprint density at radius 1 is 1.53 bits per heavy atom. The highest BCUT2D eigenvalue weighted by atomic mass is 35.5. The van der Waals surface area contributed by atoms with Gasteiger partial charge in [-0.1, -0.05) is 35.0 Å². The Balaban J connectivity index is 2.23. The Labute approximate surface area is 104 Å². The van der Waals surface area contributed by atoms with Gasteiger partial charge in [-0.2, -0.15) is 0 Å². The third-order valence-electron chi connectivity index (χ3n) is 2.66. The molecule has 0 amide bonds. The summed E-state index contributed by atoms with van der Waals surface area (Å²) in [5.41, 5.74) is 0.383. The molecular weight excluding hydrogens is 242 g/mol.